The lowest BCUT2D eigenvalue weighted by Gasteiger charge is -2.34. The van der Waals surface area contributed by atoms with E-state index in [4.69, 9.17) is 0 Å². The molecule has 0 bridgehead atoms. The molecule has 0 saturated carbocycles. The van der Waals surface area contributed by atoms with Crippen LogP contribution in [-0.4, -0.2) is 50.4 Å². The maximum Gasteiger partial charge on any atom is 0.137 e. The third kappa shape index (κ3) is 3.02. The van der Waals surface area contributed by atoms with Crippen molar-refractivity contribution < 1.29 is 5.11 Å². The summed E-state index contributed by atoms with van der Waals surface area (Å²) in [5.41, 5.74) is -0.598. The van der Waals surface area contributed by atoms with Crippen LogP contribution in [0.25, 0.3) is 0 Å². The first kappa shape index (κ1) is 11.5. The van der Waals surface area contributed by atoms with Crippen LogP contribution in [0.1, 0.15) is 38.4 Å². The Morgan fingerprint density at radius 1 is 1.50 bits per heavy atom. The number of piperidine rings is 1. The van der Waals surface area contributed by atoms with Crippen molar-refractivity contribution in [3.05, 3.63) is 12.2 Å². The van der Waals surface area contributed by atoms with Crippen molar-refractivity contribution in [1.29, 1.82) is 0 Å². The lowest BCUT2D eigenvalue weighted by atomic mass is 9.95. The van der Waals surface area contributed by atoms with E-state index in [0.29, 0.717) is 5.92 Å². The zero-order chi connectivity index (χ0) is 11.6. The molecule has 1 aliphatic heterocycles. The van der Waals surface area contributed by atoms with Crippen molar-refractivity contribution in [1.82, 2.24) is 20.1 Å². The molecule has 0 aliphatic carbocycles. The standard InChI is InChI=1S/C11H20N4O/c1-11(2,16)7-15-5-3-9(4-6-15)10-12-8-13-14-10/h8-9,16H,3-7H2,1-2H3,(H,12,13,14). The van der Waals surface area contributed by atoms with E-state index < -0.39 is 5.60 Å². The Labute approximate surface area is 95.9 Å². The van der Waals surface area contributed by atoms with Crippen molar-refractivity contribution in [2.75, 3.05) is 19.6 Å². The van der Waals surface area contributed by atoms with Gasteiger partial charge in [0.2, 0.25) is 0 Å². The van der Waals surface area contributed by atoms with E-state index >= 15 is 0 Å². The second-order valence-electron chi connectivity index (χ2n) is 5.23. The summed E-state index contributed by atoms with van der Waals surface area (Å²) in [4.78, 5) is 6.52. The minimum absolute atomic E-state index is 0.501. The van der Waals surface area contributed by atoms with Crippen LogP contribution < -0.4 is 0 Å². The lowest BCUT2D eigenvalue weighted by Crippen LogP contribution is -2.42. The van der Waals surface area contributed by atoms with Gasteiger partial charge in [-0.25, -0.2) is 4.98 Å². The van der Waals surface area contributed by atoms with Gasteiger partial charge in [-0.15, -0.1) is 0 Å². The zero-order valence-corrected chi connectivity index (χ0v) is 9.98. The van der Waals surface area contributed by atoms with E-state index in [2.05, 4.69) is 20.1 Å². The molecule has 0 radical (unpaired) electrons. The largest absolute Gasteiger partial charge is 0.389 e. The normalized spacial score (nSPS) is 20.2. The van der Waals surface area contributed by atoms with Crippen molar-refractivity contribution in [2.24, 2.45) is 0 Å². The molecule has 1 aliphatic rings. The highest BCUT2D eigenvalue weighted by Gasteiger charge is 2.25. The molecule has 0 atom stereocenters. The van der Waals surface area contributed by atoms with Crippen LogP contribution in [-0.2, 0) is 0 Å². The molecule has 0 aromatic carbocycles. The summed E-state index contributed by atoms with van der Waals surface area (Å²) in [6, 6.07) is 0. The summed E-state index contributed by atoms with van der Waals surface area (Å²) < 4.78 is 0. The molecule has 1 aromatic heterocycles. The monoisotopic (exact) mass is 224 g/mol. The van der Waals surface area contributed by atoms with Crippen molar-refractivity contribution in [3.8, 4) is 0 Å². The van der Waals surface area contributed by atoms with E-state index in [-0.39, 0.29) is 0 Å². The minimum Gasteiger partial charge on any atom is -0.389 e. The number of hydrogen-bond acceptors (Lipinski definition) is 4. The van der Waals surface area contributed by atoms with Gasteiger partial charge in [0.15, 0.2) is 0 Å². The summed E-state index contributed by atoms with van der Waals surface area (Å²) in [6.45, 7) is 6.51. The summed E-state index contributed by atoms with van der Waals surface area (Å²) in [6.07, 6.45) is 3.75. The van der Waals surface area contributed by atoms with Gasteiger partial charge in [-0.05, 0) is 39.8 Å². The number of β-amino-alcohol motifs (C(OH)–C–C–N with tert-alkyl or cyclic N) is 1. The Kier molecular flexibility index (Phi) is 3.25. The lowest BCUT2D eigenvalue weighted by molar-refractivity contribution is 0.0279. The maximum absolute atomic E-state index is 9.75. The molecule has 0 amide bonds. The molecule has 0 unspecified atom stereocenters. The minimum atomic E-state index is -0.598. The van der Waals surface area contributed by atoms with Gasteiger partial charge in [0, 0.05) is 12.5 Å². The number of aliphatic hydroxyl groups is 1. The van der Waals surface area contributed by atoms with Crippen molar-refractivity contribution >= 4 is 0 Å². The van der Waals surface area contributed by atoms with Gasteiger partial charge in [0.05, 0.1) is 5.60 Å². The van der Waals surface area contributed by atoms with Crippen LogP contribution in [0.5, 0.6) is 0 Å². The number of aromatic nitrogens is 3. The fraction of sp³-hybridized carbons (Fsp3) is 0.818. The molecule has 1 fully saturated rings. The van der Waals surface area contributed by atoms with E-state index in [1.54, 1.807) is 6.33 Å². The quantitative estimate of drug-likeness (QED) is 0.795. The molecular formula is C11H20N4O. The maximum atomic E-state index is 9.75. The average Bonchev–Trinajstić information content (AvgIpc) is 2.69. The molecule has 16 heavy (non-hydrogen) atoms. The highest BCUT2D eigenvalue weighted by atomic mass is 16.3. The predicted octanol–water partition coefficient (Wildman–Crippen LogP) is 0.755. The molecule has 2 N–H and O–H groups in total. The van der Waals surface area contributed by atoms with Crippen LogP contribution >= 0.6 is 0 Å². The van der Waals surface area contributed by atoms with E-state index in [1.807, 2.05) is 13.8 Å². The van der Waals surface area contributed by atoms with Gasteiger partial charge < -0.3 is 10.0 Å². The Balaban J connectivity index is 1.83. The highest BCUT2D eigenvalue weighted by Crippen LogP contribution is 2.25. The molecule has 1 aromatic rings. The predicted molar refractivity (Wildman–Crippen MR) is 61.1 cm³/mol. The van der Waals surface area contributed by atoms with Gasteiger partial charge in [-0.1, -0.05) is 0 Å². The second-order valence-corrected chi connectivity index (χ2v) is 5.23. The molecule has 90 valence electrons. The summed E-state index contributed by atoms with van der Waals surface area (Å²) >= 11 is 0. The van der Waals surface area contributed by atoms with Crippen LogP contribution in [0.4, 0.5) is 0 Å². The SMILES string of the molecule is CC(C)(O)CN1CCC(c2ncn[nH]2)CC1. The Morgan fingerprint density at radius 2 is 2.19 bits per heavy atom. The Bertz CT molecular complexity index is 309. The summed E-state index contributed by atoms with van der Waals surface area (Å²) in [5, 5.41) is 16.6. The average molecular weight is 224 g/mol. The van der Waals surface area contributed by atoms with Crippen LogP contribution in [0.3, 0.4) is 0 Å². The molecule has 5 heteroatoms. The zero-order valence-electron chi connectivity index (χ0n) is 9.98. The topological polar surface area (TPSA) is 65.0 Å². The first-order valence-corrected chi connectivity index (χ1v) is 5.84. The van der Waals surface area contributed by atoms with Gasteiger partial charge >= 0.3 is 0 Å². The molecule has 2 rings (SSSR count). The molecule has 0 spiro atoms. The van der Waals surface area contributed by atoms with Crippen molar-refractivity contribution in [2.45, 2.75) is 38.2 Å². The highest BCUT2D eigenvalue weighted by molar-refractivity contribution is 4.96. The first-order chi connectivity index (χ1) is 7.54. The smallest absolute Gasteiger partial charge is 0.137 e. The number of aromatic amines is 1. The number of H-pyrrole nitrogens is 1. The number of nitrogens with one attached hydrogen (secondary N) is 1. The van der Waals surface area contributed by atoms with Gasteiger partial charge in [0.25, 0.3) is 0 Å². The fourth-order valence-corrected chi connectivity index (χ4v) is 2.32. The summed E-state index contributed by atoms with van der Waals surface area (Å²) in [7, 11) is 0. The van der Waals surface area contributed by atoms with Crippen LogP contribution in [0, 0.1) is 0 Å². The van der Waals surface area contributed by atoms with E-state index in [9.17, 15) is 5.11 Å². The number of nitrogens with zero attached hydrogens (tertiary/aromatic N) is 3. The Morgan fingerprint density at radius 3 is 2.69 bits per heavy atom. The summed E-state index contributed by atoms with van der Waals surface area (Å²) in [5.74, 6) is 1.50. The third-order valence-corrected chi connectivity index (χ3v) is 3.02. The molecule has 2 heterocycles. The third-order valence-electron chi connectivity index (χ3n) is 3.02. The first-order valence-electron chi connectivity index (χ1n) is 5.84. The second kappa shape index (κ2) is 4.51. The van der Waals surface area contributed by atoms with Crippen LogP contribution in [0.15, 0.2) is 6.33 Å². The van der Waals surface area contributed by atoms with E-state index in [1.165, 1.54) is 0 Å². The van der Waals surface area contributed by atoms with Gasteiger partial charge in [-0.3, -0.25) is 5.10 Å². The number of rotatable bonds is 3. The fourth-order valence-electron chi connectivity index (χ4n) is 2.32. The van der Waals surface area contributed by atoms with Gasteiger partial charge in [0.1, 0.15) is 12.2 Å². The van der Waals surface area contributed by atoms with Crippen LogP contribution in [0.2, 0.25) is 0 Å². The molecular weight excluding hydrogens is 204 g/mol. The number of likely N-dealkylation sites (tertiary alicyclic amines) is 1. The van der Waals surface area contributed by atoms with E-state index in [0.717, 1.165) is 38.3 Å². The molecule has 5 nitrogen and oxygen atoms in total. The van der Waals surface area contributed by atoms with Crippen molar-refractivity contribution in [3.63, 3.8) is 0 Å². The number of hydrogen-bond donors (Lipinski definition) is 2. The van der Waals surface area contributed by atoms with Gasteiger partial charge in [-0.2, -0.15) is 5.10 Å². The molecule has 1 saturated heterocycles. The Hall–Kier alpha value is -0.940.